The van der Waals surface area contributed by atoms with Gasteiger partial charge in [-0.25, -0.2) is 0 Å². The molecule has 0 amide bonds. The Kier molecular flexibility index (Phi) is 5.98. The molecule has 0 aliphatic carbocycles. The molecule has 0 atom stereocenters. The number of hydrogen-bond donors (Lipinski definition) is 0. The van der Waals surface area contributed by atoms with Crippen molar-refractivity contribution in [3.05, 3.63) is 23.8 Å². The maximum Gasteiger partial charge on any atom is 0.127 e. The van der Waals surface area contributed by atoms with Crippen LogP contribution in [-0.4, -0.2) is 13.7 Å². The molecule has 3 nitrogen and oxygen atoms in total. The van der Waals surface area contributed by atoms with E-state index in [1.807, 2.05) is 32.0 Å². The van der Waals surface area contributed by atoms with Crippen molar-refractivity contribution in [1.29, 1.82) is 5.26 Å². The van der Waals surface area contributed by atoms with Crippen molar-refractivity contribution < 1.29 is 9.47 Å². The molecular weight excluding hydrogens is 262 g/mol. The lowest BCUT2D eigenvalue weighted by atomic mass is 9.90. The van der Waals surface area contributed by atoms with Gasteiger partial charge in [0, 0.05) is 11.6 Å². The molecule has 0 aliphatic rings. The number of benzene rings is 1. The normalized spacial score (nSPS) is 10.9. The molecule has 0 aromatic heterocycles. The van der Waals surface area contributed by atoms with Crippen molar-refractivity contribution in [2.75, 3.05) is 13.7 Å². The molecule has 0 spiro atoms. The van der Waals surface area contributed by atoms with Crippen LogP contribution in [0.3, 0.4) is 0 Å². The molecule has 0 unspecified atom stereocenters. The van der Waals surface area contributed by atoms with E-state index in [-0.39, 0.29) is 5.41 Å². The van der Waals surface area contributed by atoms with Crippen molar-refractivity contribution >= 4 is 11.6 Å². The van der Waals surface area contributed by atoms with Crippen molar-refractivity contribution in [2.24, 2.45) is 5.41 Å². The maximum atomic E-state index is 8.94. The minimum atomic E-state index is -0.299. The van der Waals surface area contributed by atoms with Crippen LogP contribution in [0.1, 0.15) is 32.3 Å². The lowest BCUT2D eigenvalue weighted by Gasteiger charge is -2.16. The number of nitriles is 1. The Bertz CT molecular complexity index is 452. The van der Waals surface area contributed by atoms with Crippen molar-refractivity contribution in [2.45, 2.75) is 32.6 Å². The summed E-state index contributed by atoms with van der Waals surface area (Å²) in [5.74, 6) is 1.91. The summed E-state index contributed by atoms with van der Waals surface area (Å²) in [6.45, 7) is 4.44. The first kappa shape index (κ1) is 15.7. The molecule has 0 saturated heterocycles. The molecule has 0 heterocycles. The SMILES string of the molecule is COc1ccc(CCl)c(OCCCC(C)(C)C#N)c1. The van der Waals surface area contributed by atoms with Crippen LogP contribution >= 0.6 is 11.6 Å². The zero-order valence-electron chi connectivity index (χ0n) is 11.7. The minimum absolute atomic E-state index is 0.299. The average molecular weight is 282 g/mol. The van der Waals surface area contributed by atoms with Gasteiger partial charge >= 0.3 is 0 Å². The van der Waals surface area contributed by atoms with E-state index >= 15 is 0 Å². The number of halogens is 1. The molecule has 0 radical (unpaired) electrons. The van der Waals surface area contributed by atoms with Gasteiger partial charge in [0.2, 0.25) is 0 Å². The summed E-state index contributed by atoms with van der Waals surface area (Å²) in [7, 11) is 1.62. The van der Waals surface area contributed by atoms with Crippen LogP contribution in [0.15, 0.2) is 18.2 Å². The van der Waals surface area contributed by atoms with Gasteiger partial charge in [0.1, 0.15) is 11.5 Å². The van der Waals surface area contributed by atoms with Crippen LogP contribution in [-0.2, 0) is 5.88 Å². The summed E-state index contributed by atoms with van der Waals surface area (Å²) in [6, 6.07) is 7.89. The van der Waals surface area contributed by atoms with E-state index in [4.69, 9.17) is 26.3 Å². The Morgan fingerprint density at radius 3 is 2.68 bits per heavy atom. The molecule has 1 aromatic carbocycles. The standard InChI is InChI=1S/C15H20ClNO2/c1-15(2,11-17)7-4-8-19-14-9-13(18-3)6-5-12(14)10-16/h5-6,9H,4,7-8,10H2,1-3H3. The van der Waals surface area contributed by atoms with E-state index < -0.39 is 0 Å². The fourth-order valence-electron chi connectivity index (χ4n) is 1.66. The number of rotatable bonds is 7. The predicted molar refractivity (Wildman–Crippen MR) is 76.7 cm³/mol. The van der Waals surface area contributed by atoms with Gasteiger partial charge in [-0.2, -0.15) is 5.26 Å². The van der Waals surface area contributed by atoms with E-state index in [9.17, 15) is 0 Å². The van der Waals surface area contributed by atoms with Gasteiger partial charge in [-0.3, -0.25) is 0 Å². The van der Waals surface area contributed by atoms with Gasteiger partial charge < -0.3 is 9.47 Å². The van der Waals surface area contributed by atoms with E-state index in [0.29, 0.717) is 12.5 Å². The van der Waals surface area contributed by atoms with Gasteiger partial charge in [0.15, 0.2) is 0 Å². The number of hydrogen-bond acceptors (Lipinski definition) is 3. The number of nitrogens with zero attached hydrogens (tertiary/aromatic N) is 1. The highest BCUT2D eigenvalue weighted by molar-refractivity contribution is 6.17. The first-order chi connectivity index (χ1) is 9.02. The van der Waals surface area contributed by atoms with Gasteiger partial charge in [-0.15, -0.1) is 11.6 Å². The van der Waals surface area contributed by atoms with Crippen molar-refractivity contribution in [3.8, 4) is 17.6 Å². The first-order valence-electron chi connectivity index (χ1n) is 6.29. The topological polar surface area (TPSA) is 42.2 Å². The van der Waals surface area contributed by atoms with Crippen LogP contribution < -0.4 is 9.47 Å². The lowest BCUT2D eigenvalue weighted by molar-refractivity contribution is 0.281. The molecule has 0 saturated carbocycles. The highest BCUT2D eigenvalue weighted by Gasteiger charge is 2.15. The van der Waals surface area contributed by atoms with E-state index in [1.54, 1.807) is 7.11 Å². The summed E-state index contributed by atoms with van der Waals surface area (Å²) in [6.07, 6.45) is 1.64. The Hall–Kier alpha value is -1.40. The summed E-state index contributed by atoms with van der Waals surface area (Å²) < 4.78 is 10.9. The molecule has 0 bridgehead atoms. The number of ether oxygens (including phenoxy) is 2. The lowest BCUT2D eigenvalue weighted by Crippen LogP contribution is -2.10. The highest BCUT2D eigenvalue weighted by Crippen LogP contribution is 2.27. The molecule has 0 N–H and O–H groups in total. The number of methoxy groups -OCH3 is 1. The van der Waals surface area contributed by atoms with Gasteiger partial charge in [0.25, 0.3) is 0 Å². The third-order valence-corrected chi connectivity index (χ3v) is 3.21. The molecule has 1 aromatic rings. The third kappa shape index (κ3) is 5.00. The van der Waals surface area contributed by atoms with Crippen LogP contribution in [0.2, 0.25) is 0 Å². The second-order valence-corrected chi connectivity index (χ2v) is 5.32. The molecule has 4 heteroatoms. The Labute approximate surface area is 120 Å². The van der Waals surface area contributed by atoms with Crippen LogP contribution in [0.25, 0.3) is 0 Å². The second-order valence-electron chi connectivity index (χ2n) is 5.05. The molecule has 1 rings (SSSR count). The highest BCUT2D eigenvalue weighted by atomic mass is 35.5. The molecule has 104 valence electrons. The monoisotopic (exact) mass is 281 g/mol. The second kappa shape index (κ2) is 7.25. The molecular formula is C15H20ClNO2. The van der Waals surface area contributed by atoms with Crippen molar-refractivity contribution in [1.82, 2.24) is 0 Å². The number of alkyl halides is 1. The Morgan fingerprint density at radius 2 is 2.11 bits per heavy atom. The van der Waals surface area contributed by atoms with E-state index in [2.05, 4.69) is 6.07 Å². The van der Waals surface area contributed by atoms with Gasteiger partial charge in [-0.05, 0) is 32.8 Å². The third-order valence-electron chi connectivity index (χ3n) is 2.92. The Balaban J connectivity index is 2.55. The van der Waals surface area contributed by atoms with E-state index in [0.717, 1.165) is 29.9 Å². The summed E-state index contributed by atoms with van der Waals surface area (Å²) in [5, 5.41) is 8.94. The first-order valence-corrected chi connectivity index (χ1v) is 6.83. The zero-order chi connectivity index (χ0) is 14.3. The minimum Gasteiger partial charge on any atom is -0.497 e. The quantitative estimate of drug-likeness (QED) is 0.557. The maximum absolute atomic E-state index is 8.94. The average Bonchev–Trinajstić information content (AvgIpc) is 2.43. The van der Waals surface area contributed by atoms with Crippen LogP contribution in [0, 0.1) is 16.7 Å². The van der Waals surface area contributed by atoms with Gasteiger partial charge in [-0.1, -0.05) is 6.07 Å². The zero-order valence-corrected chi connectivity index (χ0v) is 12.5. The van der Waals surface area contributed by atoms with Crippen molar-refractivity contribution in [3.63, 3.8) is 0 Å². The molecule has 0 aliphatic heterocycles. The fraction of sp³-hybridized carbons (Fsp3) is 0.533. The molecule has 19 heavy (non-hydrogen) atoms. The van der Waals surface area contributed by atoms with E-state index in [1.165, 1.54) is 0 Å². The van der Waals surface area contributed by atoms with Crippen LogP contribution in [0.4, 0.5) is 0 Å². The van der Waals surface area contributed by atoms with Crippen LogP contribution in [0.5, 0.6) is 11.5 Å². The van der Waals surface area contributed by atoms with Gasteiger partial charge in [0.05, 0.1) is 31.1 Å². The predicted octanol–water partition coefficient (Wildman–Crippen LogP) is 4.14. The fourth-order valence-corrected chi connectivity index (χ4v) is 1.88. The molecule has 0 fully saturated rings. The summed E-state index contributed by atoms with van der Waals surface area (Å²) in [5.41, 5.74) is 0.648. The largest absolute Gasteiger partial charge is 0.497 e. The summed E-state index contributed by atoms with van der Waals surface area (Å²) in [4.78, 5) is 0. The smallest absolute Gasteiger partial charge is 0.127 e. The summed E-state index contributed by atoms with van der Waals surface area (Å²) >= 11 is 5.87. The Morgan fingerprint density at radius 1 is 1.37 bits per heavy atom.